The Labute approximate surface area is 233 Å². The van der Waals surface area contributed by atoms with E-state index < -0.39 is 22.5 Å². The van der Waals surface area contributed by atoms with E-state index in [4.69, 9.17) is 16.3 Å². The Hall–Kier alpha value is -4.14. The molecule has 0 radical (unpaired) electrons. The highest BCUT2D eigenvalue weighted by Gasteiger charge is 2.28. The average molecular weight is 562 g/mol. The summed E-state index contributed by atoms with van der Waals surface area (Å²) in [4.78, 5) is 12.9. The molecule has 1 amide bonds. The Morgan fingerprint density at radius 2 is 1.64 bits per heavy atom. The van der Waals surface area contributed by atoms with Gasteiger partial charge < -0.3 is 4.74 Å². The monoisotopic (exact) mass is 561 g/mol. The minimum absolute atomic E-state index is 0.0679. The van der Waals surface area contributed by atoms with Crippen molar-refractivity contribution < 1.29 is 17.9 Å². The first-order valence-corrected chi connectivity index (χ1v) is 14.0. The molecule has 0 unspecified atom stereocenters. The predicted molar refractivity (Wildman–Crippen MR) is 155 cm³/mol. The van der Waals surface area contributed by atoms with Crippen molar-refractivity contribution in [2.45, 2.75) is 25.3 Å². The van der Waals surface area contributed by atoms with Crippen molar-refractivity contribution in [1.29, 1.82) is 0 Å². The van der Waals surface area contributed by atoms with Gasteiger partial charge in [-0.3, -0.25) is 9.10 Å². The molecule has 0 saturated carbocycles. The number of carbonyl (C=O) groups excluding carboxylic acids is 1. The maximum atomic E-state index is 13.6. The van der Waals surface area contributed by atoms with Crippen LogP contribution in [0.2, 0.25) is 5.02 Å². The molecule has 0 heterocycles. The highest BCUT2D eigenvalue weighted by Crippen LogP contribution is 2.29. The first-order valence-electron chi connectivity index (χ1n) is 12.2. The van der Waals surface area contributed by atoms with Gasteiger partial charge in [-0.1, -0.05) is 65.7 Å². The summed E-state index contributed by atoms with van der Waals surface area (Å²) in [6, 6.07) is 28.4. The van der Waals surface area contributed by atoms with Gasteiger partial charge in [-0.25, -0.2) is 13.8 Å². The lowest BCUT2D eigenvalue weighted by Crippen LogP contribution is -2.40. The molecule has 0 aliphatic heterocycles. The van der Waals surface area contributed by atoms with Gasteiger partial charge in [0, 0.05) is 5.02 Å². The number of hydrogen-bond acceptors (Lipinski definition) is 5. The number of halogens is 1. The van der Waals surface area contributed by atoms with Gasteiger partial charge in [-0.2, -0.15) is 5.10 Å². The summed E-state index contributed by atoms with van der Waals surface area (Å²) < 4.78 is 34.0. The van der Waals surface area contributed by atoms with E-state index in [-0.39, 0.29) is 4.90 Å². The quantitative estimate of drug-likeness (QED) is 0.193. The van der Waals surface area contributed by atoms with Crippen LogP contribution in [0.5, 0.6) is 5.75 Å². The molecule has 200 valence electrons. The van der Waals surface area contributed by atoms with Gasteiger partial charge in [0.2, 0.25) is 0 Å². The molecule has 0 aliphatic rings. The number of carbonyl (C=O) groups is 1. The van der Waals surface area contributed by atoms with E-state index in [2.05, 4.69) is 10.5 Å². The minimum atomic E-state index is -4.06. The molecule has 0 fully saturated rings. The maximum Gasteiger partial charge on any atom is 0.264 e. The first-order chi connectivity index (χ1) is 18.7. The van der Waals surface area contributed by atoms with Crippen molar-refractivity contribution >= 4 is 39.4 Å². The fourth-order valence-corrected chi connectivity index (χ4v) is 5.37. The summed E-state index contributed by atoms with van der Waals surface area (Å²) in [5.74, 6) is 0.0954. The number of hydrogen-bond donors (Lipinski definition) is 1. The standard InChI is InChI=1S/C30H28ClN3O4S/c1-22-8-16-28(17-9-22)39(36,37)34(29-18-26(31)13-10-23(29)2)20-30(35)33-32-19-24-11-14-27(15-12-24)38-21-25-6-4-3-5-7-25/h3-19H,20-21H2,1-2H3,(H,33,35)/b32-19-. The maximum absolute atomic E-state index is 13.6. The second-order valence-electron chi connectivity index (χ2n) is 8.89. The van der Waals surface area contributed by atoms with Crippen LogP contribution in [0.3, 0.4) is 0 Å². The summed E-state index contributed by atoms with van der Waals surface area (Å²) in [5.41, 5.74) is 6.11. The molecule has 0 spiro atoms. The van der Waals surface area contributed by atoms with Crippen molar-refractivity contribution in [3.05, 3.63) is 124 Å². The van der Waals surface area contributed by atoms with Crippen molar-refractivity contribution in [3.8, 4) is 5.75 Å². The van der Waals surface area contributed by atoms with Gasteiger partial charge in [0.15, 0.2) is 0 Å². The van der Waals surface area contributed by atoms with Crippen LogP contribution in [0.15, 0.2) is 107 Å². The number of anilines is 1. The van der Waals surface area contributed by atoms with Gasteiger partial charge in [-0.15, -0.1) is 0 Å². The largest absolute Gasteiger partial charge is 0.489 e. The molecule has 4 rings (SSSR count). The van der Waals surface area contributed by atoms with E-state index in [1.165, 1.54) is 24.4 Å². The summed E-state index contributed by atoms with van der Waals surface area (Å²) in [6.07, 6.45) is 1.47. The number of amides is 1. The van der Waals surface area contributed by atoms with Gasteiger partial charge in [-0.05, 0) is 79.1 Å². The zero-order valence-electron chi connectivity index (χ0n) is 21.5. The van der Waals surface area contributed by atoms with E-state index in [0.717, 1.165) is 21.0 Å². The Bertz CT molecular complexity index is 1560. The normalized spacial score (nSPS) is 11.4. The molecule has 39 heavy (non-hydrogen) atoms. The average Bonchev–Trinajstić information content (AvgIpc) is 2.93. The highest BCUT2D eigenvalue weighted by atomic mass is 35.5. The predicted octanol–water partition coefficient (Wildman–Crippen LogP) is 5.88. The second-order valence-corrected chi connectivity index (χ2v) is 11.2. The Morgan fingerprint density at radius 3 is 2.33 bits per heavy atom. The van der Waals surface area contributed by atoms with Crippen LogP contribution in [-0.2, 0) is 21.4 Å². The molecule has 4 aromatic rings. The number of hydrazone groups is 1. The third-order valence-electron chi connectivity index (χ3n) is 5.87. The molecule has 1 N–H and O–H groups in total. The number of nitrogens with zero attached hydrogens (tertiary/aromatic N) is 2. The van der Waals surface area contributed by atoms with Crippen LogP contribution in [0.1, 0.15) is 22.3 Å². The SMILES string of the molecule is Cc1ccc(S(=O)(=O)N(CC(=O)N/N=C\c2ccc(OCc3ccccc3)cc2)c2cc(Cl)ccc2C)cc1. The van der Waals surface area contributed by atoms with Crippen LogP contribution in [0.25, 0.3) is 0 Å². The number of nitrogens with one attached hydrogen (secondary N) is 1. The van der Waals surface area contributed by atoms with Crippen molar-refractivity contribution in [2.75, 3.05) is 10.8 Å². The summed E-state index contributed by atoms with van der Waals surface area (Å²) in [6.45, 7) is 3.60. The summed E-state index contributed by atoms with van der Waals surface area (Å²) >= 11 is 6.17. The van der Waals surface area contributed by atoms with E-state index in [1.54, 1.807) is 43.3 Å². The Kier molecular flexibility index (Phi) is 9.01. The zero-order chi connectivity index (χ0) is 27.8. The fourth-order valence-electron chi connectivity index (χ4n) is 3.72. The van der Waals surface area contributed by atoms with E-state index >= 15 is 0 Å². The minimum Gasteiger partial charge on any atom is -0.489 e. The fraction of sp³-hybridized carbons (Fsp3) is 0.133. The molecular weight excluding hydrogens is 534 g/mol. The third kappa shape index (κ3) is 7.46. The summed E-state index contributed by atoms with van der Waals surface area (Å²) in [7, 11) is -4.06. The van der Waals surface area contributed by atoms with Gasteiger partial charge in [0.1, 0.15) is 18.9 Å². The van der Waals surface area contributed by atoms with Crippen molar-refractivity contribution in [2.24, 2.45) is 5.10 Å². The zero-order valence-corrected chi connectivity index (χ0v) is 23.1. The number of sulfonamides is 1. The van der Waals surface area contributed by atoms with Crippen molar-refractivity contribution in [3.63, 3.8) is 0 Å². The molecule has 0 aromatic heterocycles. The molecule has 0 aliphatic carbocycles. The number of rotatable bonds is 10. The second kappa shape index (κ2) is 12.6. The van der Waals surface area contributed by atoms with E-state index in [1.807, 2.05) is 49.4 Å². The van der Waals surface area contributed by atoms with Gasteiger partial charge >= 0.3 is 0 Å². The Morgan fingerprint density at radius 1 is 0.949 bits per heavy atom. The smallest absolute Gasteiger partial charge is 0.264 e. The van der Waals surface area contributed by atoms with E-state index in [0.29, 0.717) is 28.6 Å². The third-order valence-corrected chi connectivity index (χ3v) is 7.88. The summed E-state index contributed by atoms with van der Waals surface area (Å²) in [5, 5.41) is 4.36. The van der Waals surface area contributed by atoms with Crippen LogP contribution in [0, 0.1) is 13.8 Å². The Balaban J connectivity index is 1.44. The molecular formula is C30H28ClN3O4S. The van der Waals surface area contributed by atoms with Gasteiger partial charge in [0.25, 0.3) is 15.9 Å². The lowest BCUT2D eigenvalue weighted by Gasteiger charge is -2.25. The lowest BCUT2D eigenvalue weighted by atomic mass is 10.2. The van der Waals surface area contributed by atoms with Gasteiger partial charge in [0.05, 0.1) is 16.8 Å². The highest BCUT2D eigenvalue weighted by molar-refractivity contribution is 7.92. The number of ether oxygens (including phenoxy) is 1. The molecule has 7 nitrogen and oxygen atoms in total. The molecule has 0 bridgehead atoms. The van der Waals surface area contributed by atoms with Crippen LogP contribution >= 0.6 is 11.6 Å². The number of benzene rings is 4. The molecule has 0 atom stereocenters. The molecule has 9 heteroatoms. The first kappa shape index (κ1) is 27.9. The molecule has 0 saturated heterocycles. The van der Waals surface area contributed by atoms with Crippen LogP contribution in [-0.4, -0.2) is 27.1 Å². The van der Waals surface area contributed by atoms with Crippen LogP contribution < -0.4 is 14.5 Å². The lowest BCUT2D eigenvalue weighted by molar-refractivity contribution is -0.119. The van der Waals surface area contributed by atoms with Crippen LogP contribution in [0.4, 0.5) is 5.69 Å². The van der Waals surface area contributed by atoms with Crippen molar-refractivity contribution in [1.82, 2.24) is 5.43 Å². The number of aryl methyl sites for hydroxylation is 2. The molecule has 4 aromatic carbocycles. The topological polar surface area (TPSA) is 88.1 Å². The van der Waals surface area contributed by atoms with E-state index in [9.17, 15) is 13.2 Å².